The molecule has 2 heterocycles. The molecule has 0 fully saturated rings. The maximum atomic E-state index is 12.7. The van der Waals surface area contributed by atoms with Gasteiger partial charge >= 0.3 is 0 Å². The van der Waals surface area contributed by atoms with Crippen LogP contribution in [0.25, 0.3) is 17.1 Å². The average Bonchev–Trinajstić information content (AvgIpc) is 3.47. The molecule has 0 bridgehead atoms. The lowest BCUT2D eigenvalue weighted by Gasteiger charge is -2.07. The van der Waals surface area contributed by atoms with E-state index in [-0.39, 0.29) is 30.6 Å². The number of carbonyl (C=O) groups is 2. The summed E-state index contributed by atoms with van der Waals surface area (Å²) in [5.41, 5.74) is 1.94. The smallest absolute Gasteiger partial charge is 0.271 e. The zero-order valence-corrected chi connectivity index (χ0v) is 18.2. The molecule has 4 aromatic rings. The van der Waals surface area contributed by atoms with Crippen molar-refractivity contribution in [2.24, 2.45) is 0 Å². The number of benzene rings is 2. The molecule has 32 heavy (non-hydrogen) atoms. The fourth-order valence-electron chi connectivity index (χ4n) is 3.05. The Hall–Kier alpha value is -3.55. The molecule has 0 saturated carbocycles. The third-order valence-corrected chi connectivity index (χ3v) is 5.18. The average molecular weight is 469 g/mol. The van der Waals surface area contributed by atoms with Gasteiger partial charge in [0.1, 0.15) is 5.69 Å². The number of hydrogen-bond donors (Lipinski definition) is 2. The van der Waals surface area contributed by atoms with Gasteiger partial charge in [0.25, 0.3) is 11.8 Å². The first-order valence-electron chi connectivity index (χ1n) is 9.74. The van der Waals surface area contributed by atoms with Gasteiger partial charge < -0.3 is 15.1 Å². The van der Waals surface area contributed by atoms with E-state index >= 15 is 0 Å². The van der Waals surface area contributed by atoms with Crippen molar-refractivity contribution in [2.45, 2.75) is 0 Å². The Balaban J connectivity index is 1.43. The summed E-state index contributed by atoms with van der Waals surface area (Å²) in [7, 11) is 0. The Kier molecular flexibility index (Phi) is 6.58. The Morgan fingerprint density at radius 1 is 0.906 bits per heavy atom. The molecule has 2 N–H and O–H groups in total. The first-order chi connectivity index (χ1) is 15.5. The molecule has 0 unspecified atom stereocenters. The van der Waals surface area contributed by atoms with Gasteiger partial charge in [-0.2, -0.15) is 5.10 Å². The summed E-state index contributed by atoms with van der Waals surface area (Å²) in [6, 6.07) is 19.0. The van der Waals surface area contributed by atoms with Crippen LogP contribution in [-0.2, 0) is 0 Å². The molecular formula is C23H18Cl2N4O3. The van der Waals surface area contributed by atoms with E-state index in [0.717, 1.165) is 5.69 Å². The van der Waals surface area contributed by atoms with E-state index in [1.807, 2.05) is 0 Å². The second-order valence-electron chi connectivity index (χ2n) is 6.77. The summed E-state index contributed by atoms with van der Waals surface area (Å²) in [5, 5.41) is 10.9. The molecule has 4 rings (SSSR count). The van der Waals surface area contributed by atoms with Gasteiger partial charge in [0, 0.05) is 24.2 Å². The Bertz CT molecular complexity index is 1230. The molecule has 0 aliphatic rings. The minimum Gasteiger partial charge on any atom is -0.463 e. The number of hydrogen-bond acceptors (Lipinski definition) is 4. The molecule has 0 spiro atoms. The first kappa shape index (κ1) is 21.7. The summed E-state index contributed by atoms with van der Waals surface area (Å²) in [6.07, 6.45) is 1.55. The minimum absolute atomic E-state index is 0.212. The van der Waals surface area contributed by atoms with E-state index in [1.54, 1.807) is 77.7 Å². The summed E-state index contributed by atoms with van der Waals surface area (Å²) in [6.45, 7) is 0.456. The van der Waals surface area contributed by atoms with E-state index in [9.17, 15) is 9.59 Å². The maximum absolute atomic E-state index is 12.7. The van der Waals surface area contributed by atoms with Crippen molar-refractivity contribution in [3.05, 3.63) is 94.3 Å². The number of aromatic nitrogens is 2. The van der Waals surface area contributed by atoms with Gasteiger partial charge in [0.15, 0.2) is 11.5 Å². The van der Waals surface area contributed by atoms with Crippen LogP contribution in [0.1, 0.15) is 20.8 Å². The van der Waals surface area contributed by atoms with Gasteiger partial charge in [-0.3, -0.25) is 9.59 Å². The van der Waals surface area contributed by atoms with Crippen molar-refractivity contribution in [1.82, 2.24) is 20.4 Å². The highest BCUT2D eigenvalue weighted by Gasteiger charge is 2.18. The monoisotopic (exact) mass is 468 g/mol. The molecule has 0 radical (unpaired) electrons. The van der Waals surface area contributed by atoms with Crippen molar-refractivity contribution in [3.8, 4) is 17.1 Å². The largest absolute Gasteiger partial charge is 0.463 e. The van der Waals surface area contributed by atoms with Gasteiger partial charge in [0.2, 0.25) is 0 Å². The van der Waals surface area contributed by atoms with Gasteiger partial charge in [-0.25, -0.2) is 4.68 Å². The van der Waals surface area contributed by atoms with Crippen LogP contribution < -0.4 is 10.6 Å². The second kappa shape index (κ2) is 9.72. The van der Waals surface area contributed by atoms with Crippen LogP contribution in [0.3, 0.4) is 0 Å². The number of amides is 2. The summed E-state index contributed by atoms with van der Waals surface area (Å²) in [5.74, 6) is -0.118. The summed E-state index contributed by atoms with van der Waals surface area (Å²) < 4.78 is 7.11. The van der Waals surface area contributed by atoms with Gasteiger partial charge in [-0.15, -0.1) is 0 Å². The molecule has 0 aliphatic heterocycles. The summed E-state index contributed by atoms with van der Waals surface area (Å²) >= 11 is 12.0. The van der Waals surface area contributed by atoms with Crippen LogP contribution in [0.4, 0.5) is 0 Å². The van der Waals surface area contributed by atoms with Crippen molar-refractivity contribution >= 4 is 35.0 Å². The standard InChI is InChI=1S/C23H18Cl2N4O3/c24-15-7-9-16(10-8-15)29-20(21-6-3-13-32-21)14-19(28-29)23(31)27-12-11-26-22(30)17-4-1-2-5-18(17)25/h1-10,13-14H,11-12H2,(H,26,30)(H,27,31). The van der Waals surface area contributed by atoms with Gasteiger partial charge in [-0.05, 0) is 48.5 Å². The third kappa shape index (κ3) is 4.85. The molecule has 0 saturated heterocycles. The number of furan rings is 1. The lowest BCUT2D eigenvalue weighted by molar-refractivity contribution is 0.0925. The van der Waals surface area contributed by atoms with Crippen molar-refractivity contribution in [2.75, 3.05) is 13.1 Å². The van der Waals surface area contributed by atoms with Crippen molar-refractivity contribution in [3.63, 3.8) is 0 Å². The Morgan fingerprint density at radius 3 is 2.31 bits per heavy atom. The molecular weight excluding hydrogens is 451 g/mol. The second-order valence-corrected chi connectivity index (χ2v) is 7.62. The van der Waals surface area contributed by atoms with Crippen LogP contribution >= 0.6 is 23.2 Å². The van der Waals surface area contributed by atoms with Gasteiger partial charge in [0.05, 0.1) is 22.5 Å². The van der Waals surface area contributed by atoms with Crippen molar-refractivity contribution in [1.29, 1.82) is 0 Å². The van der Waals surface area contributed by atoms with Gasteiger partial charge in [-0.1, -0.05) is 35.3 Å². The maximum Gasteiger partial charge on any atom is 0.271 e. The highest BCUT2D eigenvalue weighted by atomic mass is 35.5. The van der Waals surface area contributed by atoms with Crippen LogP contribution in [-0.4, -0.2) is 34.7 Å². The highest BCUT2D eigenvalue weighted by Crippen LogP contribution is 2.25. The number of nitrogens with zero attached hydrogens (tertiary/aromatic N) is 2. The quantitative estimate of drug-likeness (QED) is 0.388. The molecule has 2 aromatic heterocycles. The predicted octanol–water partition coefficient (Wildman–Crippen LogP) is 4.60. The molecule has 162 valence electrons. The van der Waals surface area contributed by atoms with E-state index in [0.29, 0.717) is 27.1 Å². The minimum atomic E-state index is -0.377. The predicted molar refractivity (Wildman–Crippen MR) is 122 cm³/mol. The Labute approximate surface area is 193 Å². The summed E-state index contributed by atoms with van der Waals surface area (Å²) in [4.78, 5) is 24.9. The topological polar surface area (TPSA) is 89.2 Å². The molecule has 0 atom stereocenters. The molecule has 0 aliphatic carbocycles. The fraction of sp³-hybridized carbons (Fsp3) is 0.0870. The molecule has 2 amide bonds. The lowest BCUT2D eigenvalue weighted by atomic mass is 10.2. The van der Waals surface area contributed by atoms with Crippen LogP contribution in [0.5, 0.6) is 0 Å². The van der Waals surface area contributed by atoms with E-state index < -0.39 is 0 Å². The van der Waals surface area contributed by atoms with Crippen LogP contribution in [0, 0.1) is 0 Å². The fourth-order valence-corrected chi connectivity index (χ4v) is 3.40. The first-order valence-corrected chi connectivity index (χ1v) is 10.5. The molecule has 7 nitrogen and oxygen atoms in total. The third-order valence-electron chi connectivity index (χ3n) is 4.60. The van der Waals surface area contributed by atoms with Crippen molar-refractivity contribution < 1.29 is 14.0 Å². The molecule has 9 heteroatoms. The zero-order chi connectivity index (χ0) is 22.5. The zero-order valence-electron chi connectivity index (χ0n) is 16.7. The lowest BCUT2D eigenvalue weighted by Crippen LogP contribution is -2.35. The van der Waals surface area contributed by atoms with E-state index in [2.05, 4.69) is 15.7 Å². The van der Waals surface area contributed by atoms with Crippen LogP contribution in [0.2, 0.25) is 10.0 Å². The number of rotatable bonds is 7. The van der Waals surface area contributed by atoms with Crippen LogP contribution in [0.15, 0.2) is 77.4 Å². The van der Waals surface area contributed by atoms with E-state index in [4.69, 9.17) is 27.6 Å². The van der Waals surface area contributed by atoms with E-state index in [1.165, 1.54) is 0 Å². The number of carbonyl (C=O) groups excluding carboxylic acids is 2. The molecule has 2 aromatic carbocycles. The normalized spacial score (nSPS) is 10.7. The SMILES string of the molecule is O=C(NCCNC(=O)c1ccccc1Cl)c1cc(-c2ccco2)n(-c2ccc(Cl)cc2)n1. The Morgan fingerprint density at radius 2 is 1.62 bits per heavy atom. The number of halogens is 2. The highest BCUT2D eigenvalue weighted by molar-refractivity contribution is 6.33. The number of nitrogens with one attached hydrogen (secondary N) is 2.